The molecule has 1 heterocycles. The average Bonchev–Trinajstić information content (AvgIpc) is 2.26. The molecule has 16 heavy (non-hydrogen) atoms. The molecule has 4 heteroatoms. The van der Waals surface area contributed by atoms with Crippen molar-refractivity contribution in [2.24, 2.45) is 0 Å². The number of fused-ring (bicyclic) bond motifs is 1. The molecule has 1 nitrogen and oxygen atoms in total. The Morgan fingerprint density at radius 2 is 2.12 bits per heavy atom. The van der Waals surface area contributed by atoms with Crippen LogP contribution in [0.3, 0.4) is 0 Å². The van der Waals surface area contributed by atoms with Crippen molar-refractivity contribution in [3.8, 4) is 0 Å². The first-order valence-corrected chi connectivity index (χ1v) is 5.47. The third kappa shape index (κ3) is 2.01. The predicted octanol–water partition coefficient (Wildman–Crippen LogP) is 4.01. The number of hydrogen-bond acceptors (Lipinski definition) is 1. The Balaban J connectivity index is 2.43. The van der Waals surface area contributed by atoms with Gasteiger partial charge < -0.3 is 5.32 Å². The van der Waals surface area contributed by atoms with E-state index in [0.29, 0.717) is 0 Å². The Hall–Kier alpha value is -1.19. The third-order valence-corrected chi connectivity index (χ3v) is 3.12. The molecule has 0 saturated carbocycles. The molecule has 0 amide bonds. The average molecular weight is 229 g/mol. The van der Waals surface area contributed by atoms with Crippen LogP contribution in [0, 0.1) is 0 Å². The fourth-order valence-electron chi connectivity index (χ4n) is 2.20. The highest BCUT2D eigenvalue weighted by Crippen LogP contribution is 2.38. The number of benzene rings is 1. The summed E-state index contributed by atoms with van der Waals surface area (Å²) in [6.45, 7) is 2.86. The molecule has 1 N–H and O–H groups in total. The lowest BCUT2D eigenvalue weighted by molar-refractivity contribution is -0.137. The first kappa shape index (κ1) is 11.3. The van der Waals surface area contributed by atoms with Crippen LogP contribution in [0.5, 0.6) is 0 Å². The second kappa shape index (κ2) is 4.00. The molecule has 1 aromatic rings. The van der Waals surface area contributed by atoms with Gasteiger partial charge in [0.25, 0.3) is 0 Å². The lowest BCUT2D eigenvalue weighted by Gasteiger charge is -2.26. The van der Waals surface area contributed by atoms with Crippen molar-refractivity contribution in [3.63, 3.8) is 0 Å². The topological polar surface area (TPSA) is 12.0 Å². The molecule has 1 atom stereocenters. The van der Waals surface area contributed by atoms with Gasteiger partial charge in [0.15, 0.2) is 0 Å². The van der Waals surface area contributed by atoms with Crippen molar-refractivity contribution in [2.75, 3.05) is 11.9 Å². The SMILES string of the molecule is CCC1CCNc2ccc(C(F)(F)F)cc21. The van der Waals surface area contributed by atoms with E-state index in [1.54, 1.807) is 6.07 Å². The number of rotatable bonds is 1. The Morgan fingerprint density at radius 1 is 1.38 bits per heavy atom. The van der Waals surface area contributed by atoms with Crippen molar-refractivity contribution in [3.05, 3.63) is 29.3 Å². The molecule has 1 aliphatic rings. The minimum Gasteiger partial charge on any atom is -0.385 e. The summed E-state index contributed by atoms with van der Waals surface area (Å²) in [6.07, 6.45) is -2.45. The standard InChI is InChI=1S/C12H14F3N/c1-2-8-5-6-16-11-4-3-9(7-10(8)11)12(13,14)15/h3-4,7-8,16H,2,5-6H2,1H3. The summed E-state index contributed by atoms with van der Waals surface area (Å²) >= 11 is 0. The summed E-state index contributed by atoms with van der Waals surface area (Å²) in [5.74, 6) is 0.249. The smallest absolute Gasteiger partial charge is 0.385 e. The highest BCUT2D eigenvalue weighted by molar-refractivity contribution is 5.56. The van der Waals surface area contributed by atoms with Crippen molar-refractivity contribution < 1.29 is 13.2 Å². The second-order valence-electron chi connectivity index (χ2n) is 4.12. The fraction of sp³-hybridized carbons (Fsp3) is 0.500. The van der Waals surface area contributed by atoms with Crippen LogP contribution in [-0.2, 0) is 6.18 Å². The van der Waals surface area contributed by atoms with Gasteiger partial charge >= 0.3 is 6.18 Å². The molecular formula is C12H14F3N. The first-order valence-electron chi connectivity index (χ1n) is 5.47. The lowest BCUT2D eigenvalue weighted by Crippen LogP contribution is -2.17. The summed E-state index contributed by atoms with van der Waals surface area (Å²) in [4.78, 5) is 0. The minimum absolute atomic E-state index is 0.249. The molecule has 0 aromatic heterocycles. The van der Waals surface area contributed by atoms with Crippen LogP contribution < -0.4 is 5.32 Å². The summed E-state index contributed by atoms with van der Waals surface area (Å²) in [6, 6.07) is 3.97. The van der Waals surface area contributed by atoms with Gasteiger partial charge in [0.2, 0.25) is 0 Å². The highest BCUT2D eigenvalue weighted by Gasteiger charge is 2.32. The van der Waals surface area contributed by atoms with Crippen molar-refractivity contribution in [1.29, 1.82) is 0 Å². The zero-order chi connectivity index (χ0) is 11.8. The van der Waals surface area contributed by atoms with Gasteiger partial charge in [-0.15, -0.1) is 0 Å². The van der Waals surface area contributed by atoms with Crippen molar-refractivity contribution in [2.45, 2.75) is 31.9 Å². The van der Waals surface area contributed by atoms with Crippen LogP contribution >= 0.6 is 0 Å². The van der Waals surface area contributed by atoms with Crippen LogP contribution in [0.2, 0.25) is 0 Å². The second-order valence-corrected chi connectivity index (χ2v) is 4.12. The van der Waals surface area contributed by atoms with E-state index in [2.05, 4.69) is 5.32 Å². The molecule has 0 fully saturated rings. The van der Waals surface area contributed by atoms with Crippen LogP contribution in [-0.4, -0.2) is 6.54 Å². The van der Waals surface area contributed by atoms with Crippen molar-refractivity contribution in [1.82, 2.24) is 0 Å². The quantitative estimate of drug-likeness (QED) is 0.767. The van der Waals surface area contributed by atoms with E-state index in [9.17, 15) is 13.2 Å². The number of halogens is 3. The van der Waals surface area contributed by atoms with E-state index >= 15 is 0 Å². The number of nitrogens with one attached hydrogen (secondary N) is 1. The van der Waals surface area contributed by atoms with Crippen LogP contribution in [0.15, 0.2) is 18.2 Å². The van der Waals surface area contributed by atoms with Gasteiger partial charge in [0.1, 0.15) is 0 Å². The monoisotopic (exact) mass is 229 g/mol. The third-order valence-electron chi connectivity index (χ3n) is 3.12. The Labute approximate surface area is 92.7 Å². The normalized spacial score (nSPS) is 20.1. The Bertz CT molecular complexity index is 384. The molecule has 88 valence electrons. The van der Waals surface area contributed by atoms with Crippen LogP contribution in [0.1, 0.15) is 36.8 Å². The summed E-state index contributed by atoms with van der Waals surface area (Å²) < 4.78 is 37.7. The van der Waals surface area contributed by atoms with Gasteiger partial charge in [0.05, 0.1) is 5.56 Å². The summed E-state index contributed by atoms with van der Waals surface area (Å²) in [5, 5.41) is 3.14. The minimum atomic E-state index is -4.25. The molecule has 0 spiro atoms. The Morgan fingerprint density at radius 3 is 2.75 bits per heavy atom. The molecule has 2 rings (SSSR count). The number of alkyl halides is 3. The van der Waals surface area contributed by atoms with E-state index in [1.807, 2.05) is 6.92 Å². The van der Waals surface area contributed by atoms with Gasteiger partial charge in [-0.05, 0) is 42.5 Å². The zero-order valence-corrected chi connectivity index (χ0v) is 9.06. The fourth-order valence-corrected chi connectivity index (χ4v) is 2.20. The van der Waals surface area contributed by atoms with E-state index in [1.165, 1.54) is 6.07 Å². The van der Waals surface area contributed by atoms with E-state index in [-0.39, 0.29) is 5.92 Å². The largest absolute Gasteiger partial charge is 0.416 e. The van der Waals surface area contributed by atoms with E-state index in [4.69, 9.17) is 0 Å². The Kier molecular flexibility index (Phi) is 2.82. The maximum atomic E-state index is 12.6. The lowest BCUT2D eigenvalue weighted by atomic mass is 9.88. The zero-order valence-electron chi connectivity index (χ0n) is 9.06. The molecule has 1 aliphatic heterocycles. The number of anilines is 1. The van der Waals surface area contributed by atoms with E-state index in [0.717, 1.165) is 36.7 Å². The maximum Gasteiger partial charge on any atom is 0.416 e. The van der Waals surface area contributed by atoms with Crippen LogP contribution in [0.4, 0.5) is 18.9 Å². The number of hydrogen-bond donors (Lipinski definition) is 1. The molecule has 1 unspecified atom stereocenters. The van der Waals surface area contributed by atoms with Gasteiger partial charge in [-0.25, -0.2) is 0 Å². The molecular weight excluding hydrogens is 215 g/mol. The molecule has 0 aliphatic carbocycles. The summed E-state index contributed by atoms with van der Waals surface area (Å²) in [5.41, 5.74) is 1.11. The van der Waals surface area contributed by atoms with Crippen LogP contribution in [0.25, 0.3) is 0 Å². The predicted molar refractivity (Wildman–Crippen MR) is 57.6 cm³/mol. The van der Waals surface area contributed by atoms with Gasteiger partial charge in [-0.2, -0.15) is 13.2 Å². The summed E-state index contributed by atoms with van der Waals surface area (Å²) in [7, 11) is 0. The van der Waals surface area contributed by atoms with E-state index < -0.39 is 11.7 Å². The maximum absolute atomic E-state index is 12.6. The molecule has 1 aromatic carbocycles. The molecule has 0 radical (unpaired) electrons. The molecule has 0 bridgehead atoms. The van der Waals surface area contributed by atoms with Gasteiger partial charge in [0, 0.05) is 12.2 Å². The molecule has 0 saturated heterocycles. The van der Waals surface area contributed by atoms with Gasteiger partial charge in [-0.3, -0.25) is 0 Å². The highest BCUT2D eigenvalue weighted by atomic mass is 19.4. The van der Waals surface area contributed by atoms with Gasteiger partial charge in [-0.1, -0.05) is 6.92 Å². The van der Waals surface area contributed by atoms with Crippen molar-refractivity contribution >= 4 is 5.69 Å². The first-order chi connectivity index (χ1) is 7.52.